The number of H-pyrrole nitrogens is 1. The van der Waals surface area contributed by atoms with Crippen molar-refractivity contribution in [2.24, 2.45) is 0 Å². The Morgan fingerprint density at radius 3 is 2.90 bits per heavy atom. The summed E-state index contributed by atoms with van der Waals surface area (Å²) < 4.78 is 0. The Morgan fingerprint density at radius 1 is 1.38 bits per heavy atom. The van der Waals surface area contributed by atoms with Crippen LogP contribution in [0.15, 0.2) is 24.4 Å². The number of aryl methyl sites for hydroxylation is 1. The molecule has 2 heterocycles. The first-order valence-electron chi connectivity index (χ1n) is 7.47. The molecule has 1 fully saturated rings. The molecule has 0 spiro atoms. The number of amides is 1. The number of carbonyl (C=O) groups excluding carboxylic acids is 1. The molecule has 0 aromatic carbocycles. The smallest absolute Gasteiger partial charge is 0.230 e. The highest BCUT2D eigenvalue weighted by atomic mass is 16.1. The van der Waals surface area contributed by atoms with Gasteiger partial charge >= 0.3 is 0 Å². The van der Waals surface area contributed by atoms with Gasteiger partial charge in [-0.05, 0) is 31.4 Å². The van der Waals surface area contributed by atoms with Crippen LogP contribution in [0.3, 0.4) is 0 Å². The minimum absolute atomic E-state index is 0.0647. The zero-order valence-electron chi connectivity index (χ0n) is 12.2. The van der Waals surface area contributed by atoms with Gasteiger partial charge in [-0.3, -0.25) is 14.9 Å². The van der Waals surface area contributed by atoms with E-state index in [1.165, 1.54) is 25.7 Å². The molecule has 0 bridgehead atoms. The molecule has 2 aromatic rings. The number of hydrogen-bond donors (Lipinski definition) is 2. The van der Waals surface area contributed by atoms with Gasteiger partial charge < -0.3 is 5.32 Å². The molecule has 1 aliphatic carbocycles. The number of pyridine rings is 1. The van der Waals surface area contributed by atoms with Crippen LogP contribution >= 0.6 is 0 Å². The van der Waals surface area contributed by atoms with E-state index < -0.39 is 0 Å². The zero-order valence-corrected chi connectivity index (χ0v) is 12.2. The molecule has 110 valence electrons. The summed E-state index contributed by atoms with van der Waals surface area (Å²) in [4.78, 5) is 16.2. The lowest BCUT2D eigenvalue weighted by atomic mass is 10.0. The third-order valence-corrected chi connectivity index (χ3v) is 4.00. The number of nitrogens with zero attached hydrogens (tertiary/aromatic N) is 2. The van der Waals surface area contributed by atoms with Gasteiger partial charge in [0.05, 0.1) is 6.42 Å². The Kier molecular flexibility index (Phi) is 3.99. The molecule has 5 nitrogen and oxygen atoms in total. The van der Waals surface area contributed by atoms with Gasteiger partial charge in [0.25, 0.3) is 0 Å². The second kappa shape index (κ2) is 6.08. The summed E-state index contributed by atoms with van der Waals surface area (Å²) in [6, 6.07) is 5.80. The van der Waals surface area contributed by atoms with E-state index in [1.807, 2.05) is 25.1 Å². The third-order valence-electron chi connectivity index (χ3n) is 4.00. The molecular formula is C16H20N4O. The summed E-state index contributed by atoms with van der Waals surface area (Å²) in [7, 11) is 0. The number of nitrogens with one attached hydrogen (secondary N) is 2. The molecule has 1 aliphatic rings. The lowest BCUT2D eigenvalue weighted by molar-refractivity contribution is -0.115. The Bertz CT molecular complexity index is 611. The summed E-state index contributed by atoms with van der Waals surface area (Å²) in [5.41, 5.74) is 3.00. The maximum absolute atomic E-state index is 12.0. The highest BCUT2D eigenvalue weighted by Gasteiger charge is 2.19. The summed E-state index contributed by atoms with van der Waals surface area (Å²) >= 11 is 0. The highest BCUT2D eigenvalue weighted by Crippen LogP contribution is 2.33. The topological polar surface area (TPSA) is 70.7 Å². The van der Waals surface area contributed by atoms with Crippen molar-refractivity contribution in [3.8, 4) is 0 Å². The Labute approximate surface area is 124 Å². The van der Waals surface area contributed by atoms with Gasteiger partial charge in [-0.1, -0.05) is 18.9 Å². The standard InChI is InChI=1S/C16H20N4O/c1-11-6-7-12(10-17-11)8-16(21)18-15-9-14(19-20-15)13-4-2-3-5-13/h6-7,9-10,13H,2-5,8H2,1H3,(H2,18,19,20,21). The lowest BCUT2D eigenvalue weighted by Crippen LogP contribution is -2.14. The quantitative estimate of drug-likeness (QED) is 0.906. The van der Waals surface area contributed by atoms with Gasteiger partial charge in [0, 0.05) is 29.6 Å². The predicted molar refractivity (Wildman–Crippen MR) is 81.1 cm³/mol. The van der Waals surface area contributed by atoms with E-state index in [9.17, 15) is 4.79 Å². The van der Waals surface area contributed by atoms with Crippen molar-refractivity contribution in [3.63, 3.8) is 0 Å². The lowest BCUT2D eigenvalue weighted by Gasteiger charge is -2.04. The van der Waals surface area contributed by atoms with Crippen LogP contribution in [-0.4, -0.2) is 21.1 Å². The van der Waals surface area contributed by atoms with Gasteiger partial charge in [-0.2, -0.15) is 5.10 Å². The van der Waals surface area contributed by atoms with Crippen LogP contribution < -0.4 is 5.32 Å². The van der Waals surface area contributed by atoms with Crippen molar-refractivity contribution in [2.75, 3.05) is 5.32 Å². The van der Waals surface area contributed by atoms with E-state index in [2.05, 4.69) is 20.5 Å². The van der Waals surface area contributed by atoms with Crippen molar-refractivity contribution in [1.82, 2.24) is 15.2 Å². The van der Waals surface area contributed by atoms with Crippen LogP contribution in [0.1, 0.15) is 48.6 Å². The van der Waals surface area contributed by atoms with Gasteiger partial charge in [0.2, 0.25) is 5.91 Å². The molecule has 2 aromatic heterocycles. The number of carbonyl (C=O) groups is 1. The third kappa shape index (κ3) is 3.48. The van der Waals surface area contributed by atoms with Gasteiger partial charge in [-0.15, -0.1) is 0 Å². The summed E-state index contributed by atoms with van der Waals surface area (Å²) in [5, 5.41) is 10.1. The number of anilines is 1. The molecule has 0 unspecified atom stereocenters. The summed E-state index contributed by atoms with van der Waals surface area (Å²) in [6.07, 6.45) is 7.05. The minimum atomic E-state index is -0.0647. The fourth-order valence-corrected chi connectivity index (χ4v) is 2.82. The van der Waals surface area contributed by atoms with E-state index in [4.69, 9.17) is 0 Å². The Morgan fingerprint density at radius 2 is 2.19 bits per heavy atom. The SMILES string of the molecule is Cc1ccc(CC(=O)Nc2cc(C3CCCC3)[nH]n2)cn1. The van der Waals surface area contributed by atoms with Crippen molar-refractivity contribution >= 4 is 11.7 Å². The number of aromatic nitrogens is 3. The number of rotatable bonds is 4. The average Bonchev–Trinajstić information content (AvgIpc) is 3.12. The Hall–Kier alpha value is -2.17. The molecule has 0 saturated heterocycles. The molecule has 1 amide bonds. The first kappa shape index (κ1) is 13.8. The van der Waals surface area contributed by atoms with Crippen LogP contribution in [-0.2, 0) is 11.2 Å². The van der Waals surface area contributed by atoms with Gasteiger partial charge in [-0.25, -0.2) is 0 Å². The van der Waals surface area contributed by atoms with E-state index in [1.54, 1.807) is 6.20 Å². The molecule has 0 radical (unpaired) electrons. The van der Waals surface area contributed by atoms with Crippen LogP contribution in [0, 0.1) is 6.92 Å². The number of hydrogen-bond acceptors (Lipinski definition) is 3. The van der Waals surface area contributed by atoms with E-state index in [0.29, 0.717) is 18.2 Å². The van der Waals surface area contributed by atoms with Gasteiger partial charge in [0.15, 0.2) is 5.82 Å². The monoisotopic (exact) mass is 284 g/mol. The van der Waals surface area contributed by atoms with Crippen LogP contribution in [0.25, 0.3) is 0 Å². The largest absolute Gasteiger partial charge is 0.309 e. The molecule has 3 rings (SSSR count). The van der Waals surface area contributed by atoms with Crippen molar-refractivity contribution in [2.45, 2.75) is 44.9 Å². The predicted octanol–water partition coefficient (Wildman–Crippen LogP) is 2.95. The van der Waals surface area contributed by atoms with E-state index in [-0.39, 0.29) is 5.91 Å². The molecule has 5 heteroatoms. The molecule has 1 saturated carbocycles. The van der Waals surface area contributed by atoms with Crippen LogP contribution in [0.5, 0.6) is 0 Å². The fourth-order valence-electron chi connectivity index (χ4n) is 2.82. The summed E-state index contributed by atoms with van der Waals surface area (Å²) in [5.74, 6) is 1.12. The zero-order chi connectivity index (χ0) is 14.7. The first-order valence-corrected chi connectivity index (χ1v) is 7.47. The minimum Gasteiger partial charge on any atom is -0.309 e. The van der Waals surface area contributed by atoms with Crippen LogP contribution in [0.4, 0.5) is 5.82 Å². The van der Waals surface area contributed by atoms with E-state index in [0.717, 1.165) is 17.0 Å². The number of aromatic amines is 1. The normalized spacial score (nSPS) is 15.3. The highest BCUT2D eigenvalue weighted by molar-refractivity contribution is 5.91. The van der Waals surface area contributed by atoms with Crippen molar-refractivity contribution in [1.29, 1.82) is 0 Å². The van der Waals surface area contributed by atoms with Crippen molar-refractivity contribution in [3.05, 3.63) is 41.3 Å². The summed E-state index contributed by atoms with van der Waals surface area (Å²) in [6.45, 7) is 1.93. The van der Waals surface area contributed by atoms with Gasteiger partial charge in [0.1, 0.15) is 0 Å². The second-order valence-corrected chi connectivity index (χ2v) is 5.72. The maximum atomic E-state index is 12.0. The molecule has 2 N–H and O–H groups in total. The van der Waals surface area contributed by atoms with Crippen LogP contribution in [0.2, 0.25) is 0 Å². The average molecular weight is 284 g/mol. The maximum Gasteiger partial charge on any atom is 0.230 e. The molecule has 21 heavy (non-hydrogen) atoms. The molecule has 0 aliphatic heterocycles. The Balaban J connectivity index is 1.58. The second-order valence-electron chi connectivity index (χ2n) is 5.72. The fraction of sp³-hybridized carbons (Fsp3) is 0.438. The van der Waals surface area contributed by atoms with E-state index >= 15 is 0 Å². The van der Waals surface area contributed by atoms with Crippen molar-refractivity contribution < 1.29 is 4.79 Å². The first-order chi connectivity index (χ1) is 10.2. The molecular weight excluding hydrogens is 264 g/mol. The molecule has 0 atom stereocenters.